The Morgan fingerprint density at radius 3 is 2.21 bits per heavy atom. The smallest absolute Gasteiger partial charge is 0.148 e. The van der Waals surface area contributed by atoms with Gasteiger partial charge in [-0.1, -0.05) is 13.8 Å². The number of nitrogens with zero attached hydrogens (tertiary/aromatic N) is 1. The summed E-state index contributed by atoms with van der Waals surface area (Å²) >= 11 is 4.26. The van der Waals surface area contributed by atoms with Crippen molar-refractivity contribution in [2.24, 2.45) is 5.41 Å². The van der Waals surface area contributed by atoms with Gasteiger partial charge in [0.05, 0.1) is 5.75 Å². The molecule has 0 amide bonds. The minimum absolute atomic E-state index is 0.134. The third-order valence-corrected chi connectivity index (χ3v) is 3.75. The summed E-state index contributed by atoms with van der Waals surface area (Å²) in [5.74, 6) is 1.03. The molecule has 0 aromatic rings. The highest BCUT2D eigenvalue weighted by Crippen LogP contribution is 2.17. The standard InChI is InChI=1S/C9H21NO2S2/c1-9(2,8-13)7-10(3)5-6-14(4,11)12/h13H,5-8H2,1-4H3. The van der Waals surface area contributed by atoms with Crippen LogP contribution in [0.15, 0.2) is 0 Å². The van der Waals surface area contributed by atoms with Crippen LogP contribution < -0.4 is 0 Å². The highest BCUT2D eigenvalue weighted by molar-refractivity contribution is 7.90. The average molecular weight is 239 g/mol. The molecule has 0 atom stereocenters. The molecule has 0 aliphatic carbocycles. The van der Waals surface area contributed by atoms with E-state index in [-0.39, 0.29) is 11.2 Å². The second-order valence-electron chi connectivity index (χ2n) is 4.69. The summed E-state index contributed by atoms with van der Waals surface area (Å²) in [6.45, 7) is 5.70. The minimum Gasteiger partial charge on any atom is -0.305 e. The minimum atomic E-state index is -2.84. The topological polar surface area (TPSA) is 37.4 Å². The lowest BCUT2D eigenvalue weighted by Crippen LogP contribution is -2.35. The van der Waals surface area contributed by atoms with E-state index in [1.807, 2.05) is 11.9 Å². The van der Waals surface area contributed by atoms with Crippen LogP contribution in [-0.4, -0.2) is 51.2 Å². The molecular weight excluding hydrogens is 218 g/mol. The van der Waals surface area contributed by atoms with Crippen molar-refractivity contribution >= 4 is 22.5 Å². The first kappa shape index (κ1) is 14.3. The third kappa shape index (κ3) is 7.64. The highest BCUT2D eigenvalue weighted by Gasteiger charge is 2.18. The maximum absolute atomic E-state index is 10.9. The number of sulfone groups is 1. The van der Waals surface area contributed by atoms with Crippen molar-refractivity contribution in [3.8, 4) is 0 Å². The summed E-state index contributed by atoms with van der Waals surface area (Å²) < 4.78 is 21.9. The monoisotopic (exact) mass is 239 g/mol. The van der Waals surface area contributed by atoms with Gasteiger partial charge in [-0.2, -0.15) is 12.6 Å². The van der Waals surface area contributed by atoms with Crippen LogP contribution in [0.3, 0.4) is 0 Å². The summed E-state index contributed by atoms with van der Waals surface area (Å²) in [6.07, 6.45) is 1.27. The molecule has 0 aliphatic rings. The second kappa shape index (κ2) is 5.37. The van der Waals surface area contributed by atoms with Crippen molar-refractivity contribution in [1.29, 1.82) is 0 Å². The van der Waals surface area contributed by atoms with Crippen LogP contribution in [0.5, 0.6) is 0 Å². The first-order valence-electron chi connectivity index (χ1n) is 4.63. The van der Waals surface area contributed by atoms with Gasteiger partial charge in [-0.15, -0.1) is 0 Å². The van der Waals surface area contributed by atoms with Crippen LogP contribution in [0.4, 0.5) is 0 Å². The van der Waals surface area contributed by atoms with Crippen molar-refractivity contribution in [1.82, 2.24) is 4.90 Å². The Morgan fingerprint density at radius 1 is 1.36 bits per heavy atom. The summed E-state index contributed by atoms with van der Waals surface area (Å²) in [5, 5.41) is 0. The molecule has 0 aromatic carbocycles. The first-order chi connectivity index (χ1) is 6.16. The van der Waals surface area contributed by atoms with Gasteiger partial charge in [0.1, 0.15) is 9.84 Å². The van der Waals surface area contributed by atoms with Gasteiger partial charge < -0.3 is 4.90 Å². The number of hydrogen-bond acceptors (Lipinski definition) is 4. The van der Waals surface area contributed by atoms with Crippen LogP contribution in [-0.2, 0) is 9.84 Å². The molecule has 14 heavy (non-hydrogen) atoms. The molecule has 0 radical (unpaired) electrons. The van der Waals surface area contributed by atoms with Gasteiger partial charge in [-0.25, -0.2) is 8.42 Å². The molecule has 0 bridgehead atoms. The van der Waals surface area contributed by atoms with Crippen molar-refractivity contribution in [3.63, 3.8) is 0 Å². The predicted octanol–water partition coefficient (Wildman–Crippen LogP) is 0.919. The summed E-state index contributed by atoms with van der Waals surface area (Å²) in [5.41, 5.74) is 0.134. The van der Waals surface area contributed by atoms with E-state index in [2.05, 4.69) is 26.5 Å². The van der Waals surface area contributed by atoms with E-state index in [9.17, 15) is 8.42 Å². The first-order valence-corrected chi connectivity index (χ1v) is 7.33. The molecule has 86 valence electrons. The van der Waals surface area contributed by atoms with E-state index < -0.39 is 9.84 Å². The van der Waals surface area contributed by atoms with Gasteiger partial charge in [0.25, 0.3) is 0 Å². The zero-order valence-electron chi connectivity index (χ0n) is 9.45. The second-order valence-corrected chi connectivity index (χ2v) is 7.27. The molecule has 0 saturated carbocycles. The van der Waals surface area contributed by atoms with E-state index in [1.165, 1.54) is 6.26 Å². The highest BCUT2D eigenvalue weighted by atomic mass is 32.2. The summed E-state index contributed by atoms with van der Waals surface area (Å²) in [4.78, 5) is 2.04. The van der Waals surface area contributed by atoms with Gasteiger partial charge in [-0.05, 0) is 18.2 Å². The van der Waals surface area contributed by atoms with E-state index in [0.717, 1.165) is 12.3 Å². The van der Waals surface area contributed by atoms with Crippen LogP contribution in [0.1, 0.15) is 13.8 Å². The molecular formula is C9H21NO2S2. The Kier molecular flexibility index (Phi) is 5.47. The summed E-state index contributed by atoms with van der Waals surface area (Å²) in [7, 11) is -0.901. The zero-order chi connectivity index (χ0) is 11.4. The third-order valence-electron chi connectivity index (χ3n) is 1.97. The van der Waals surface area contributed by atoms with E-state index in [4.69, 9.17) is 0 Å². The molecule has 5 heteroatoms. The lowest BCUT2D eigenvalue weighted by molar-refractivity contribution is 0.241. The van der Waals surface area contributed by atoms with Gasteiger partial charge in [0.15, 0.2) is 0 Å². The normalized spacial score (nSPS) is 13.6. The lowest BCUT2D eigenvalue weighted by atomic mass is 9.96. The van der Waals surface area contributed by atoms with Crippen LogP contribution >= 0.6 is 12.6 Å². The van der Waals surface area contributed by atoms with Crippen LogP contribution in [0.25, 0.3) is 0 Å². The summed E-state index contributed by atoms with van der Waals surface area (Å²) in [6, 6.07) is 0. The van der Waals surface area contributed by atoms with Crippen molar-refractivity contribution in [2.75, 3.05) is 37.9 Å². The van der Waals surface area contributed by atoms with Crippen molar-refractivity contribution in [2.45, 2.75) is 13.8 Å². The molecule has 0 spiro atoms. The molecule has 0 saturated heterocycles. The number of rotatable bonds is 6. The Labute approximate surface area is 93.2 Å². The average Bonchev–Trinajstić information content (AvgIpc) is 1.99. The quantitative estimate of drug-likeness (QED) is 0.700. The van der Waals surface area contributed by atoms with E-state index >= 15 is 0 Å². The lowest BCUT2D eigenvalue weighted by Gasteiger charge is -2.28. The Balaban J connectivity index is 3.94. The Morgan fingerprint density at radius 2 is 1.86 bits per heavy atom. The van der Waals surface area contributed by atoms with Gasteiger partial charge >= 0.3 is 0 Å². The number of thiol groups is 1. The molecule has 0 heterocycles. The van der Waals surface area contributed by atoms with Gasteiger partial charge in [-0.3, -0.25) is 0 Å². The van der Waals surface area contributed by atoms with Crippen molar-refractivity contribution < 1.29 is 8.42 Å². The number of hydrogen-bond donors (Lipinski definition) is 1. The maximum atomic E-state index is 10.9. The SMILES string of the molecule is CN(CCS(C)(=O)=O)CC(C)(C)CS. The van der Waals surface area contributed by atoms with Gasteiger partial charge in [0.2, 0.25) is 0 Å². The fraction of sp³-hybridized carbons (Fsp3) is 1.00. The Hall–Kier alpha value is 0.260. The molecule has 0 N–H and O–H groups in total. The zero-order valence-corrected chi connectivity index (χ0v) is 11.2. The van der Waals surface area contributed by atoms with E-state index in [1.54, 1.807) is 0 Å². The molecule has 0 aromatic heterocycles. The predicted molar refractivity (Wildman–Crippen MR) is 64.8 cm³/mol. The maximum Gasteiger partial charge on any atom is 0.148 e. The fourth-order valence-corrected chi connectivity index (χ4v) is 1.92. The Bertz CT molecular complexity index is 260. The fourth-order valence-electron chi connectivity index (χ4n) is 1.18. The van der Waals surface area contributed by atoms with Gasteiger partial charge in [0, 0.05) is 19.3 Å². The molecule has 0 rings (SSSR count). The molecule has 0 fully saturated rings. The van der Waals surface area contributed by atoms with Crippen LogP contribution in [0, 0.1) is 5.41 Å². The van der Waals surface area contributed by atoms with Crippen molar-refractivity contribution in [3.05, 3.63) is 0 Å². The molecule has 0 aliphatic heterocycles. The van der Waals surface area contributed by atoms with Crippen LogP contribution in [0.2, 0.25) is 0 Å². The molecule has 0 unspecified atom stereocenters. The van der Waals surface area contributed by atoms with E-state index in [0.29, 0.717) is 6.54 Å². The molecule has 3 nitrogen and oxygen atoms in total. The largest absolute Gasteiger partial charge is 0.305 e.